The lowest BCUT2D eigenvalue weighted by Crippen LogP contribution is -2.33. The second kappa shape index (κ2) is 10.4. The maximum absolute atomic E-state index is 10.6. The summed E-state index contributed by atoms with van der Waals surface area (Å²) in [6, 6.07) is 1.90. The van der Waals surface area contributed by atoms with Crippen molar-refractivity contribution in [3.8, 4) is 0 Å². The Morgan fingerprint density at radius 3 is 2.82 bits per heavy atom. The van der Waals surface area contributed by atoms with Gasteiger partial charge in [0, 0.05) is 17.5 Å². The third-order valence-corrected chi connectivity index (χ3v) is 6.00. The Morgan fingerprint density at radius 1 is 1.33 bits per heavy atom. The highest BCUT2D eigenvalue weighted by Crippen LogP contribution is 2.32. The van der Waals surface area contributed by atoms with Gasteiger partial charge in [-0.3, -0.25) is 4.57 Å². The summed E-state index contributed by atoms with van der Waals surface area (Å²) < 4.78 is 7.00. The van der Waals surface area contributed by atoms with Gasteiger partial charge < -0.3 is 36.2 Å². The van der Waals surface area contributed by atoms with Gasteiger partial charge in [0.15, 0.2) is 17.7 Å². The molecule has 0 bridgehead atoms. The van der Waals surface area contributed by atoms with Crippen LogP contribution in [0.4, 0.5) is 11.8 Å². The van der Waals surface area contributed by atoms with E-state index in [1.165, 1.54) is 28.3 Å². The summed E-state index contributed by atoms with van der Waals surface area (Å²) in [7, 11) is 0. The molecule has 0 saturated carbocycles. The molecule has 12 nitrogen and oxygen atoms in total. The molecule has 33 heavy (non-hydrogen) atoms. The zero-order valence-electron chi connectivity index (χ0n) is 17.1. The minimum absolute atomic E-state index is 0. The molecular formula is C19H23ClN6O6S. The van der Waals surface area contributed by atoms with E-state index in [9.17, 15) is 20.1 Å². The summed E-state index contributed by atoms with van der Waals surface area (Å²) >= 11 is 1.51. The number of thiophene rings is 1. The van der Waals surface area contributed by atoms with Crippen LogP contribution in [0.5, 0.6) is 0 Å². The number of rotatable bonds is 8. The molecule has 0 radical (unpaired) electrons. The molecule has 14 heteroatoms. The zero-order chi connectivity index (χ0) is 22.8. The topological polar surface area (TPSA) is 189 Å². The molecule has 0 spiro atoms. The number of hydrogen-bond donors (Lipinski definition) is 6. The Bertz CT molecular complexity index is 1150. The van der Waals surface area contributed by atoms with E-state index < -0.39 is 37.1 Å². The Labute approximate surface area is 197 Å². The van der Waals surface area contributed by atoms with E-state index in [1.54, 1.807) is 0 Å². The number of aliphatic hydroxyl groups excluding tert-OH is 3. The summed E-state index contributed by atoms with van der Waals surface area (Å²) in [5.74, 6) is -0.605. The van der Waals surface area contributed by atoms with Gasteiger partial charge in [0.05, 0.1) is 12.9 Å². The number of imidazole rings is 1. The van der Waals surface area contributed by atoms with E-state index in [0.29, 0.717) is 24.1 Å². The van der Waals surface area contributed by atoms with Crippen molar-refractivity contribution < 1.29 is 30.0 Å². The molecule has 178 valence electrons. The van der Waals surface area contributed by atoms with Gasteiger partial charge in [0.2, 0.25) is 5.95 Å². The molecule has 0 unspecified atom stereocenters. The molecule has 4 rings (SSSR count). The highest BCUT2D eigenvalue weighted by molar-refractivity contribution is 7.10. The Kier molecular flexibility index (Phi) is 7.84. The van der Waals surface area contributed by atoms with Gasteiger partial charge in [-0.25, -0.2) is 9.78 Å². The van der Waals surface area contributed by atoms with E-state index >= 15 is 0 Å². The summed E-state index contributed by atoms with van der Waals surface area (Å²) in [5.41, 5.74) is 7.46. The fraction of sp³-hybridized carbons (Fsp3) is 0.368. The number of aromatic nitrogens is 4. The number of nitrogens with zero attached hydrogens (tertiary/aromatic N) is 4. The molecular weight excluding hydrogens is 476 g/mol. The Balaban J connectivity index is 0.00000306. The van der Waals surface area contributed by atoms with Crippen LogP contribution in [0.3, 0.4) is 0 Å². The lowest BCUT2D eigenvalue weighted by Gasteiger charge is -2.16. The van der Waals surface area contributed by atoms with Crippen molar-refractivity contribution in [1.29, 1.82) is 0 Å². The highest BCUT2D eigenvalue weighted by Gasteiger charge is 2.44. The molecule has 3 aromatic rings. The van der Waals surface area contributed by atoms with Crippen LogP contribution >= 0.6 is 23.7 Å². The van der Waals surface area contributed by atoms with Crippen molar-refractivity contribution in [1.82, 2.24) is 19.5 Å². The van der Waals surface area contributed by atoms with Crippen LogP contribution < -0.4 is 11.1 Å². The molecule has 1 aliphatic heterocycles. The maximum Gasteiger partial charge on any atom is 0.328 e. The predicted octanol–water partition coefficient (Wildman–Crippen LogP) is 0.256. The average molecular weight is 499 g/mol. The van der Waals surface area contributed by atoms with Gasteiger partial charge in [-0.15, -0.1) is 23.7 Å². The van der Waals surface area contributed by atoms with Gasteiger partial charge >= 0.3 is 5.97 Å². The molecule has 4 heterocycles. The van der Waals surface area contributed by atoms with Gasteiger partial charge in [-0.05, 0) is 29.5 Å². The second-order valence-electron chi connectivity index (χ2n) is 7.18. The fourth-order valence-corrected chi connectivity index (χ4v) is 4.25. The number of carboxylic acid groups (broad SMARTS) is 1. The largest absolute Gasteiger partial charge is 0.478 e. The first-order valence-electron chi connectivity index (χ1n) is 9.72. The van der Waals surface area contributed by atoms with Gasteiger partial charge in [-0.1, -0.05) is 0 Å². The van der Waals surface area contributed by atoms with E-state index in [4.69, 9.17) is 15.6 Å². The van der Waals surface area contributed by atoms with Crippen molar-refractivity contribution >= 4 is 58.7 Å². The number of nitrogen functional groups attached to an aromatic ring is 1. The first kappa shape index (κ1) is 24.8. The number of halogens is 1. The van der Waals surface area contributed by atoms with Crippen LogP contribution in [0, 0.1) is 0 Å². The number of fused-ring (bicyclic) bond motifs is 1. The maximum atomic E-state index is 10.6. The predicted molar refractivity (Wildman–Crippen MR) is 123 cm³/mol. The SMILES string of the molecule is Cl.Nc1nc(NCCc2cc(C=CC(=O)O)cs2)nc2c1ncn2[C@@H]1O[C@H](CO)[C@@H](O)[C@H]1O. The van der Waals surface area contributed by atoms with Crippen LogP contribution in [0.25, 0.3) is 17.2 Å². The number of hydrogen-bond acceptors (Lipinski definition) is 11. The van der Waals surface area contributed by atoms with E-state index in [1.807, 2.05) is 11.4 Å². The Morgan fingerprint density at radius 2 is 2.12 bits per heavy atom. The molecule has 1 fully saturated rings. The number of carbonyl (C=O) groups is 1. The minimum Gasteiger partial charge on any atom is -0.478 e. The lowest BCUT2D eigenvalue weighted by atomic mass is 10.1. The van der Waals surface area contributed by atoms with Gasteiger partial charge in [0.25, 0.3) is 0 Å². The van der Waals surface area contributed by atoms with Gasteiger partial charge in [0.1, 0.15) is 23.8 Å². The molecule has 0 amide bonds. The molecule has 0 aliphatic carbocycles. The van der Waals surface area contributed by atoms with Crippen LogP contribution in [0.2, 0.25) is 0 Å². The van der Waals surface area contributed by atoms with Crippen molar-refractivity contribution in [2.24, 2.45) is 0 Å². The summed E-state index contributed by atoms with van der Waals surface area (Å²) in [6.07, 6.45) is 0.222. The number of anilines is 2. The van der Waals surface area contributed by atoms with E-state index in [2.05, 4.69) is 20.3 Å². The Hall–Kier alpha value is -2.81. The molecule has 1 saturated heterocycles. The van der Waals surface area contributed by atoms with Crippen LogP contribution in [0.15, 0.2) is 23.8 Å². The summed E-state index contributed by atoms with van der Waals surface area (Å²) in [6.45, 7) is 0.0529. The third kappa shape index (κ3) is 5.24. The fourth-order valence-electron chi connectivity index (χ4n) is 3.39. The number of carboxylic acids is 1. The van der Waals surface area contributed by atoms with E-state index in [-0.39, 0.29) is 24.2 Å². The number of aliphatic carboxylic acids is 1. The summed E-state index contributed by atoms with van der Waals surface area (Å²) in [4.78, 5) is 24.5. The van der Waals surface area contributed by atoms with Crippen molar-refractivity contribution in [3.63, 3.8) is 0 Å². The first-order chi connectivity index (χ1) is 15.4. The van der Waals surface area contributed by atoms with Crippen LogP contribution in [-0.2, 0) is 16.0 Å². The van der Waals surface area contributed by atoms with Crippen LogP contribution in [0.1, 0.15) is 16.7 Å². The number of nitrogens with one attached hydrogen (secondary N) is 1. The van der Waals surface area contributed by atoms with Crippen molar-refractivity contribution in [3.05, 3.63) is 34.3 Å². The molecule has 1 aliphatic rings. The zero-order valence-corrected chi connectivity index (χ0v) is 18.7. The molecule has 0 aromatic carbocycles. The number of ether oxygens (including phenoxy) is 1. The molecule has 4 atom stereocenters. The van der Waals surface area contributed by atoms with Crippen LogP contribution in [-0.4, -0.2) is 77.4 Å². The molecule has 7 N–H and O–H groups in total. The smallest absolute Gasteiger partial charge is 0.328 e. The van der Waals surface area contributed by atoms with Crippen molar-refractivity contribution in [2.75, 3.05) is 24.2 Å². The number of aliphatic hydroxyl groups is 3. The third-order valence-electron chi connectivity index (χ3n) is 4.99. The standard InChI is InChI=1S/C19H22N6O6S.ClH/c20-16-13-17(25(8-22-13)18-15(30)14(29)11(6-26)31-18)24-19(23-16)21-4-3-10-5-9(7-32-10)1-2-12(27)28;/h1-2,5,7-8,11,14-15,18,26,29-30H,3-4,6H2,(H,27,28)(H3,20,21,23,24);1H/t11-,14-,15-,18-;/m1./s1. The van der Waals surface area contributed by atoms with Crippen molar-refractivity contribution in [2.45, 2.75) is 31.0 Å². The van der Waals surface area contributed by atoms with E-state index in [0.717, 1.165) is 16.5 Å². The second-order valence-corrected chi connectivity index (χ2v) is 8.18. The minimum atomic E-state index is -1.28. The average Bonchev–Trinajstić information content (AvgIpc) is 3.46. The number of nitrogens with two attached hydrogens (primary N) is 1. The monoisotopic (exact) mass is 498 g/mol. The summed E-state index contributed by atoms with van der Waals surface area (Å²) in [5, 5.41) is 43.3. The molecule has 3 aromatic heterocycles. The highest BCUT2D eigenvalue weighted by atomic mass is 35.5. The van der Waals surface area contributed by atoms with Gasteiger partial charge in [-0.2, -0.15) is 9.97 Å². The first-order valence-corrected chi connectivity index (χ1v) is 10.6. The normalized spacial score (nSPS) is 22.6. The lowest BCUT2D eigenvalue weighted by molar-refractivity contribution is -0.131. The quantitative estimate of drug-likeness (QED) is 0.233.